The predicted molar refractivity (Wildman–Crippen MR) is 41.0 cm³/mol. The van der Waals surface area contributed by atoms with Crippen LogP contribution in [0.15, 0.2) is 0 Å². The van der Waals surface area contributed by atoms with E-state index in [4.69, 9.17) is 5.11 Å². The molecule has 0 aliphatic heterocycles. The molecular weight excluding hydrogens is 209 g/mol. The number of rotatable bonds is 4. The topological polar surface area (TPSA) is 54.4 Å². The lowest BCUT2D eigenvalue weighted by atomic mass is 10.2. The second kappa shape index (κ2) is 4.28. The number of sulfone groups is 1. The molecule has 0 aromatic carbocycles. The predicted octanol–water partition coefficient (Wildman–Crippen LogP) is 0.734. The molecule has 1 N–H and O–H groups in total. The van der Waals surface area contributed by atoms with E-state index < -0.39 is 34.3 Å². The molecule has 1 unspecified atom stereocenters. The minimum absolute atomic E-state index is 0.377. The van der Waals surface area contributed by atoms with E-state index in [1.807, 2.05) is 0 Å². The van der Waals surface area contributed by atoms with Crippen molar-refractivity contribution < 1.29 is 26.7 Å². The van der Waals surface area contributed by atoms with Crippen molar-refractivity contribution in [2.45, 2.75) is 25.1 Å². The number of aliphatic hydroxyl groups excluding tert-OH is 1. The molecule has 0 rings (SSSR count). The van der Waals surface area contributed by atoms with E-state index >= 15 is 0 Å². The van der Waals surface area contributed by atoms with Gasteiger partial charge in [0.05, 0.1) is 18.3 Å². The second-order valence-electron chi connectivity index (χ2n) is 2.89. The first-order chi connectivity index (χ1) is 5.60. The number of aliphatic hydroxyl groups is 1. The maximum absolute atomic E-state index is 11.6. The standard InChI is InChI=1S/C6H11F3O3S/c1-13(11,12)3-2-5(10)4-6(7,8)9/h5,10H,2-4H2,1H3. The summed E-state index contributed by atoms with van der Waals surface area (Å²) in [5, 5.41) is 8.76. The molecule has 0 aliphatic rings. The van der Waals surface area contributed by atoms with Gasteiger partial charge >= 0.3 is 6.18 Å². The fraction of sp³-hybridized carbons (Fsp3) is 1.00. The minimum atomic E-state index is -4.45. The van der Waals surface area contributed by atoms with Gasteiger partial charge in [-0.3, -0.25) is 0 Å². The van der Waals surface area contributed by atoms with Crippen LogP contribution in [-0.2, 0) is 9.84 Å². The van der Waals surface area contributed by atoms with Crippen LogP contribution in [0.2, 0.25) is 0 Å². The van der Waals surface area contributed by atoms with Gasteiger partial charge in [0, 0.05) is 6.26 Å². The normalized spacial score (nSPS) is 15.8. The molecule has 1 atom stereocenters. The Kier molecular flexibility index (Phi) is 4.18. The van der Waals surface area contributed by atoms with Crippen molar-refractivity contribution in [2.75, 3.05) is 12.0 Å². The van der Waals surface area contributed by atoms with Crippen LogP contribution in [0.4, 0.5) is 13.2 Å². The molecule has 0 fully saturated rings. The van der Waals surface area contributed by atoms with Crippen molar-refractivity contribution in [3.63, 3.8) is 0 Å². The molecule has 0 aromatic heterocycles. The molecule has 13 heavy (non-hydrogen) atoms. The number of hydrogen-bond acceptors (Lipinski definition) is 3. The molecule has 0 aromatic rings. The highest BCUT2D eigenvalue weighted by atomic mass is 32.2. The van der Waals surface area contributed by atoms with Gasteiger partial charge < -0.3 is 5.11 Å². The van der Waals surface area contributed by atoms with Gasteiger partial charge in [-0.25, -0.2) is 8.42 Å². The minimum Gasteiger partial charge on any atom is -0.393 e. The Balaban J connectivity index is 3.84. The SMILES string of the molecule is CS(=O)(=O)CCC(O)CC(F)(F)F. The Morgan fingerprint density at radius 3 is 2.15 bits per heavy atom. The summed E-state index contributed by atoms with van der Waals surface area (Å²) in [6.07, 6.45) is -6.90. The van der Waals surface area contributed by atoms with Crippen LogP contribution in [0.3, 0.4) is 0 Å². The Morgan fingerprint density at radius 2 is 1.85 bits per heavy atom. The summed E-state index contributed by atoms with van der Waals surface area (Å²) in [5.41, 5.74) is 0. The smallest absolute Gasteiger partial charge is 0.391 e. The molecule has 0 bridgehead atoms. The molecular formula is C6H11F3O3S. The zero-order chi connectivity index (χ0) is 10.7. The highest BCUT2D eigenvalue weighted by Crippen LogP contribution is 2.22. The summed E-state index contributed by atoms with van der Waals surface area (Å²) < 4.78 is 55.9. The molecule has 0 saturated carbocycles. The highest BCUT2D eigenvalue weighted by molar-refractivity contribution is 7.90. The van der Waals surface area contributed by atoms with Crippen LogP contribution in [0, 0.1) is 0 Å². The summed E-state index contributed by atoms with van der Waals surface area (Å²) in [6.45, 7) is 0. The van der Waals surface area contributed by atoms with Crippen LogP contribution in [0.5, 0.6) is 0 Å². The summed E-state index contributed by atoms with van der Waals surface area (Å²) in [6, 6.07) is 0. The summed E-state index contributed by atoms with van der Waals surface area (Å²) >= 11 is 0. The first-order valence-corrected chi connectivity index (χ1v) is 5.59. The largest absolute Gasteiger partial charge is 0.393 e. The van der Waals surface area contributed by atoms with Crippen molar-refractivity contribution in [3.8, 4) is 0 Å². The van der Waals surface area contributed by atoms with E-state index in [2.05, 4.69) is 0 Å². The van der Waals surface area contributed by atoms with Gasteiger partial charge in [0.25, 0.3) is 0 Å². The summed E-state index contributed by atoms with van der Waals surface area (Å²) in [4.78, 5) is 0. The third kappa shape index (κ3) is 9.62. The van der Waals surface area contributed by atoms with E-state index in [9.17, 15) is 21.6 Å². The van der Waals surface area contributed by atoms with E-state index in [-0.39, 0.29) is 6.42 Å². The number of hydrogen-bond donors (Lipinski definition) is 1. The zero-order valence-corrected chi connectivity index (χ0v) is 7.82. The number of halogens is 3. The van der Waals surface area contributed by atoms with E-state index in [1.165, 1.54) is 0 Å². The Labute approximate surface area is 74.5 Å². The van der Waals surface area contributed by atoms with Gasteiger partial charge in [-0.1, -0.05) is 0 Å². The highest BCUT2D eigenvalue weighted by Gasteiger charge is 2.31. The average Bonchev–Trinajstić information content (AvgIpc) is 1.78. The molecule has 7 heteroatoms. The van der Waals surface area contributed by atoms with Crippen molar-refractivity contribution in [2.24, 2.45) is 0 Å². The summed E-state index contributed by atoms with van der Waals surface area (Å²) in [7, 11) is -3.30. The van der Waals surface area contributed by atoms with Crippen LogP contribution in [0.25, 0.3) is 0 Å². The van der Waals surface area contributed by atoms with Crippen LogP contribution in [-0.4, -0.2) is 37.8 Å². The Bertz CT molecular complexity index is 244. The van der Waals surface area contributed by atoms with Crippen molar-refractivity contribution >= 4 is 9.84 Å². The fourth-order valence-corrected chi connectivity index (χ4v) is 1.42. The monoisotopic (exact) mass is 220 g/mol. The van der Waals surface area contributed by atoms with E-state index in [0.717, 1.165) is 6.26 Å². The maximum atomic E-state index is 11.6. The van der Waals surface area contributed by atoms with Crippen LogP contribution < -0.4 is 0 Å². The summed E-state index contributed by atoms with van der Waals surface area (Å²) in [5.74, 6) is -0.426. The molecule has 0 amide bonds. The molecule has 3 nitrogen and oxygen atoms in total. The lowest BCUT2D eigenvalue weighted by Crippen LogP contribution is -2.21. The first kappa shape index (κ1) is 12.7. The van der Waals surface area contributed by atoms with Gasteiger partial charge in [0.1, 0.15) is 9.84 Å². The Hall–Kier alpha value is -0.300. The van der Waals surface area contributed by atoms with Crippen molar-refractivity contribution in [1.29, 1.82) is 0 Å². The molecule has 0 radical (unpaired) electrons. The fourth-order valence-electron chi connectivity index (χ4n) is 0.719. The van der Waals surface area contributed by atoms with Crippen LogP contribution in [0.1, 0.15) is 12.8 Å². The third-order valence-corrected chi connectivity index (χ3v) is 2.27. The van der Waals surface area contributed by atoms with Gasteiger partial charge in [-0.2, -0.15) is 13.2 Å². The average molecular weight is 220 g/mol. The maximum Gasteiger partial charge on any atom is 0.391 e. The quantitative estimate of drug-likeness (QED) is 0.760. The van der Waals surface area contributed by atoms with Gasteiger partial charge in [-0.15, -0.1) is 0 Å². The Morgan fingerprint density at radius 1 is 1.38 bits per heavy atom. The van der Waals surface area contributed by atoms with Crippen molar-refractivity contribution in [3.05, 3.63) is 0 Å². The number of alkyl halides is 3. The first-order valence-electron chi connectivity index (χ1n) is 3.53. The van der Waals surface area contributed by atoms with Gasteiger partial charge in [0.2, 0.25) is 0 Å². The zero-order valence-electron chi connectivity index (χ0n) is 7.00. The molecule has 0 heterocycles. The lowest BCUT2D eigenvalue weighted by molar-refractivity contribution is -0.153. The van der Waals surface area contributed by atoms with Gasteiger partial charge in [0.15, 0.2) is 0 Å². The van der Waals surface area contributed by atoms with Crippen LogP contribution >= 0.6 is 0 Å². The van der Waals surface area contributed by atoms with Crippen molar-refractivity contribution in [1.82, 2.24) is 0 Å². The van der Waals surface area contributed by atoms with E-state index in [0.29, 0.717) is 0 Å². The molecule has 0 saturated heterocycles. The van der Waals surface area contributed by atoms with Gasteiger partial charge in [-0.05, 0) is 6.42 Å². The second-order valence-corrected chi connectivity index (χ2v) is 5.15. The lowest BCUT2D eigenvalue weighted by Gasteiger charge is -2.11. The molecule has 80 valence electrons. The van der Waals surface area contributed by atoms with E-state index in [1.54, 1.807) is 0 Å². The third-order valence-electron chi connectivity index (χ3n) is 1.29. The molecule has 0 aliphatic carbocycles. The molecule has 0 spiro atoms.